The van der Waals surface area contributed by atoms with Crippen molar-refractivity contribution in [2.24, 2.45) is 0 Å². The summed E-state index contributed by atoms with van der Waals surface area (Å²) < 4.78 is 0. The predicted molar refractivity (Wildman–Crippen MR) is 58.6 cm³/mol. The molecule has 0 aliphatic carbocycles. The van der Waals surface area contributed by atoms with Gasteiger partial charge in [0.1, 0.15) is 11.3 Å². The second-order valence-electron chi connectivity index (χ2n) is 3.10. The first-order valence-electron chi connectivity index (χ1n) is 4.15. The van der Waals surface area contributed by atoms with Gasteiger partial charge in [-0.25, -0.2) is 4.98 Å². The van der Waals surface area contributed by atoms with E-state index in [-0.39, 0.29) is 10.8 Å². The van der Waals surface area contributed by atoms with Crippen LogP contribution in [-0.4, -0.2) is 28.9 Å². The maximum atomic E-state index is 10.7. The molecule has 0 aliphatic heterocycles. The lowest BCUT2D eigenvalue weighted by molar-refractivity contribution is -0.385. The quantitative estimate of drug-likeness (QED) is 0.451. The fraction of sp³-hybridized carbons (Fsp3) is 0.222. The molecular weight excluding hydrogens is 218 g/mol. The van der Waals surface area contributed by atoms with Gasteiger partial charge in [-0.15, -0.1) is 0 Å². The van der Waals surface area contributed by atoms with Crippen LogP contribution in [0, 0.1) is 10.1 Å². The SMILES string of the molecule is CN(C)C=Cc1cc(Cl)ncc1[N+](=O)[O-]. The lowest BCUT2D eigenvalue weighted by Crippen LogP contribution is -2.00. The highest BCUT2D eigenvalue weighted by molar-refractivity contribution is 6.29. The normalized spacial score (nSPS) is 10.6. The summed E-state index contributed by atoms with van der Waals surface area (Å²) >= 11 is 5.66. The number of nitro groups is 1. The van der Waals surface area contributed by atoms with E-state index in [4.69, 9.17) is 11.6 Å². The van der Waals surface area contributed by atoms with Gasteiger partial charge in [-0.2, -0.15) is 0 Å². The maximum absolute atomic E-state index is 10.7. The fourth-order valence-electron chi connectivity index (χ4n) is 0.952. The minimum absolute atomic E-state index is 0.0579. The first-order chi connectivity index (χ1) is 7.00. The van der Waals surface area contributed by atoms with Crippen LogP contribution in [0.2, 0.25) is 5.15 Å². The van der Waals surface area contributed by atoms with Gasteiger partial charge in [0, 0.05) is 14.1 Å². The third kappa shape index (κ3) is 3.21. The Morgan fingerprint density at radius 2 is 2.27 bits per heavy atom. The molecule has 5 nitrogen and oxygen atoms in total. The molecule has 1 heterocycles. The number of aromatic nitrogens is 1. The Morgan fingerprint density at radius 1 is 1.60 bits per heavy atom. The highest BCUT2D eigenvalue weighted by Gasteiger charge is 2.12. The average Bonchev–Trinajstić information content (AvgIpc) is 2.14. The summed E-state index contributed by atoms with van der Waals surface area (Å²) in [5.74, 6) is 0. The molecule has 0 aliphatic rings. The Bertz CT molecular complexity index is 404. The highest BCUT2D eigenvalue weighted by atomic mass is 35.5. The molecular formula is C9H10ClN3O2. The van der Waals surface area contributed by atoms with Gasteiger partial charge in [-0.3, -0.25) is 10.1 Å². The van der Waals surface area contributed by atoms with Crippen LogP contribution in [0.15, 0.2) is 18.5 Å². The number of hydrogen-bond acceptors (Lipinski definition) is 4. The van der Waals surface area contributed by atoms with Gasteiger partial charge in [-0.05, 0) is 18.3 Å². The molecule has 6 heteroatoms. The molecule has 1 aromatic heterocycles. The van der Waals surface area contributed by atoms with Crippen LogP contribution in [-0.2, 0) is 0 Å². The van der Waals surface area contributed by atoms with E-state index in [0.717, 1.165) is 6.20 Å². The van der Waals surface area contributed by atoms with Crippen molar-refractivity contribution in [1.82, 2.24) is 9.88 Å². The molecule has 0 amide bonds. The van der Waals surface area contributed by atoms with Gasteiger partial charge < -0.3 is 4.90 Å². The Kier molecular flexibility index (Phi) is 3.62. The summed E-state index contributed by atoms with van der Waals surface area (Å²) in [6.45, 7) is 0. The highest BCUT2D eigenvalue weighted by Crippen LogP contribution is 2.21. The first kappa shape index (κ1) is 11.5. The summed E-state index contributed by atoms with van der Waals surface area (Å²) in [5.41, 5.74) is 0.381. The lowest BCUT2D eigenvalue weighted by Gasteiger charge is -2.03. The van der Waals surface area contributed by atoms with Gasteiger partial charge in [0.15, 0.2) is 0 Å². The minimum atomic E-state index is -0.487. The monoisotopic (exact) mass is 227 g/mol. The smallest absolute Gasteiger partial charge is 0.294 e. The Labute approximate surface area is 92.1 Å². The van der Waals surface area contributed by atoms with E-state index in [1.807, 2.05) is 14.1 Å². The van der Waals surface area contributed by atoms with Crippen molar-refractivity contribution in [2.45, 2.75) is 0 Å². The minimum Gasteiger partial charge on any atom is -0.383 e. The average molecular weight is 228 g/mol. The van der Waals surface area contributed by atoms with Crippen LogP contribution in [0.1, 0.15) is 5.56 Å². The van der Waals surface area contributed by atoms with E-state index in [9.17, 15) is 10.1 Å². The van der Waals surface area contributed by atoms with Crippen LogP contribution < -0.4 is 0 Å². The molecule has 0 spiro atoms. The van der Waals surface area contributed by atoms with Crippen molar-refractivity contribution in [1.29, 1.82) is 0 Å². The maximum Gasteiger partial charge on any atom is 0.294 e. The molecule has 1 rings (SSSR count). The topological polar surface area (TPSA) is 59.3 Å². The van der Waals surface area contributed by atoms with E-state index < -0.39 is 4.92 Å². The van der Waals surface area contributed by atoms with Crippen molar-refractivity contribution in [3.8, 4) is 0 Å². The van der Waals surface area contributed by atoms with Gasteiger partial charge in [-0.1, -0.05) is 11.6 Å². The van der Waals surface area contributed by atoms with Gasteiger partial charge >= 0.3 is 0 Å². The zero-order chi connectivity index (χ0) is 11.4. The van der Waals surface area contributed by atoms with Crippen molar-refractivity contribution in [2.75, 3.05) is 14.1 Å². The Hall–Kier alpha value is -1.62. The van der Waals surface area contributed by atoms with Crippen molar-refractivity contribution in [3.05, 3.63) is 39.3 Å². The Morgan fingerprint density at radius 3 is 2.80 bits per heavy atom. The van der Waals surface area contributed by atoms with Gasteiger partial charge in [0.05, 0.1) is 10.5 Å². The van der Waals surface area contributed by atoms with Crippen LogP contribution in [0.25, 0.3) is 6.08 Å². The molecule has 0 radical (unpaired) electrons. The van der Waals surface area contributed by atoms with Gasteiger partial charge in [0.25, 0.3) is 5.69 Å². The van der Waals surface area contributed by atoms with Crippen molar-refractivity contribution >= 4 is 23.4 Å². The first-order valence-corrected chi connectivity index (χ1v) is 4.53. The fourth-order valence-corrected chi connectivity index (χ4v) is 1.12. The van der Waals surface area contributed by atoms with E-state index in [0.29, 0.717) is 5.56 Å². The second-order valence-corrected chi connectivity index (χ2v) is 3.49. The zero-order valence-corrected chi connectivity index (χ0v) is 9.10. The summed E-state index contributed by atoms with van der Waals surface area (Å²) in [7, 11) is 3.65. The standard InChI is InChI=1S/C9H10ClN3O2/c1-12(2)4-3-7-5-9(10)11-6-8(7)13(14)15/h3-6H,1-2H3. The molecule has 0 unspecified atom stereocenters. The molecule has 80 valence electrons. The number of halogens is 1. The van der Waals surface area contributed by atoms with E-state index >= 15 is 0 Å². The van der Waals surface area contributed by atoms with Gasteiger partial charge in [0.2, 0.25) is 0 Å². The summed E-state index contributed by atoms with van der Waals surface area (Å²) in [6, 6.07) is 1.46. The summed E-state index contributed by atoms with van der Waals surface area (Å²) in [6.07, 6.45) is 4.47. The van der Waals surface area contributed by atoms with E-state index in [2.05, 4.69) is 4.98 Å². The molecule has 15 heavy (non-hydrogen) atoms. The third-order valence-corrected chi connectivity index (χ3v) is 1.84. The number of rotatable bonds is 3. The van der Waals surface area contributed by atoms with E-state index in [1.165, 1.54) is 6.07 Å². The number of hydrogen-bond donors (Lipinski definition) is 0. The van der Waals surface area contributed by atoms with Crippen LogP contribution in [0.4, 0.5) is 5.69 Å². The summed E-state index contributed by atoms with van der Waals surface area (Å²) in [5, 5.41) is 10.9. The molecule has 0 saturated heterocycles. The Balaban J connectivity index is 3.13. The molecule has 0 atom stereocenters. The predicted octanol–water partition coefficient (Wildman–Crippen LogP) is 2.18. The second kappa shape index (κ2) is 4.75. The van der Waals surface area contributed by atoms with Crippen LogP contribution in [0.3, 0.4) is 0 Å². The molecule has 0 saturated carbocycles. The zero-order valence-electron chi connectivity index (χ0n) is 8.35. The molecule has 0 fully saturated rings. The van der Waals surface area contributed by atoms with Crippen LogP contribution in [0.5, 0.6) is 0 Å². The van der Waals surface area contributed by atoms with Crippen LogP contribution >= 0.6 is 11.6 Å². The molecule has 0 aromatic carbocycles. The summed E-state index contributed by atoms with van der Waals surface area (Å²) in [4.78, 5) is 15.6. The lowest BCUT2D eigenvalue weighted by atomic mass is 10.2. The molecule has 0 N–H and O–H groups in total. The molecule has 0 bridgehead atoms. The van der Waals surface area contributed by atoms with Crippen molar-refractivity contribution < 1.29 is 4.92 Å². The third-order valence-electron chi connectivity index (χ3n) is 1.63. The van der Waals surface area contributed by atoms with E-state index in [1.54, 1.807) is 17.2 Å². The molecule has 1 aromatic rings. The number of nitrogens with zero attached hydrogens (tertiary/aromatic N) is 3. The number of pyridine rings is 1. The van der Waals surface area contributed by atoms with Crippen molar-refractivity contribution in [3.63, 3.8) is 0 Å². The largest absolute Gasteiger partial charge is 0.383 e.